The van der Waals surface area contributed by atoms with Gasteiger partial charge in [-0.1, -0.05) is 44.9 Å². The van der Waals surface area contributed by atoms with Gasteiger partial charge in [-0.05, 0) is 30.2 Å². The Labute approximate surface area is 111 Å². The van der Waals surface area contributed by atoms with Gasteiger partial charge in [0, 0.05) is 11.6 Å². The van der Waals surface area contributed by atoms with Gasteiger partial charge in [0.15, 0.2) is 0 Å². The molecule has 2 heteroatoms. The van der Waals surface area contributed by atoms with Gasteiger partial charge in [0.25, 0.3) is 0 Å². The minimum atomic E-state index is 0.0800. The first-order valence-electron chi connectivity index (χ1n) is 6.95. The van der Waals surface area contributed by atoms with E-state index in [0.29, 0.717) is 11.3 Å². The predicted molar refractivity (Wildman–Crippen MR) is 75.7 cm³/mol. The third-order valence-corrected chi connectivity index (χ3v) is 4.52. The quantitative estimate of drug-likeness (QED) is 0.879. The van der Waals surface area contributed by atoms with E-state index in [0.717, 1.165) is 11.3 Å². The molecule has 0 heterocycles. The van der Waals surface area contributed by atoms with Crippen LogP contribution in [0.3, 0.4) is 0 Å². The van der Waals surface area contributed by atoms with Crippen LogP contribution < -0.4 is 10.5 Å². The summed E-state index contributed by atoms with van der Waals surface area (Å²) in [5.41, 5.74) is 8.03. The molecular weight excluding hydrogens is 222 g/mol. The zero-order chi connectivity index (χ0) is 13.2. The zero-order valence-corrected chi connectivity index (χ0v) is 11.8. The lowest BCUT2D eigenvalue weighted by molar-refractivity contribution is 0.112. The van der Waals surface area contributed by atoms with Crippen LogP contribution in [0.4, 0.5) is 0 Å². The van der Waals surface area contributed by atoms with Gasteiger partial charge >= 0.3 is 0 Å². The number of methoxy groups -OCH3 is 1. The first-order chi connectivity index (χ1) is 8.56. The molecule has 1 fully saturated rings. The van der Waals surface area contributed by atoms with Crippen molar-refractivity contribution in [3.8, 4) is 5.75 Å². The van der Waals surface area contributed by atoms with Crippen molar-refractivity contribution in [2.24, 2.45) is 17.1 Å². The normalized spacial score (nSPS) is 24.6. The van der Waals surface area contributed by atoms with E-state index < -0.39 is 0 Å². The Morgan fingerprint density at radius 2 is 2.00 bits per heavy atom. The second-order valence-corrected chi connectivity index (χ2v) is 6.11. The van der Waals surface area contributed by atoms with E-state index in [9.17, 15) is 0 Å². The van der Waals surface area contributed by atoms with Gasteiger partial charge in [0.2, 0.25) is 0 Å². The van der Waals surface area contributed by atoms with Crippen LogP contribution >= 0.6 is 0 Å². The van der Waals surface area contributed by atoms with Crippen molar-refractivity contribution in [3.05, 3.63) is 29.8 Å². The summed E-state index contributed by atoms with van der Waals surface area (Å²) in [6, 6.07) is 8.24. The van der Waals surface area contributed by atoms with Crippen molar-refractivity contribution in [1.29, 1.82) is 0 Å². The summed E-state index contributed by atoms with van der Waals surface area (Å²) in [6.45, 7) is 4.71. The van der Waals surface area contributed by atoms with Crippen LogP contribution in [-0.2, 0) is 0 Å². The van der Waals surface area contributed by atoms with E-state index in [1.807, 2.05) is 18.2 Å². The molecule has 1 aliphatic rings. The maximum absolute atomic E-state index is 6.54. The van der Waals surface area contributed by atoms with Crippen LogP contribution in [0.5, 0.6) is 5.75 Å². The summed E-state index contributed by atoms with van der Waals surface area (Å²) in [5.74, 6) is 1.47. The molecule has 2 rings (SSSR count). The topological polar surface area (TPSA) is 35.2 Å². The fourth-order valence-corrected chi connectivity index (χ4v) is 3.35. The van der Waals surface area contributed by atoms with Gasteiger partial charge in [-0.2, -0.15) is 0 Å². The monoisotopic (exact) mass is 247 g/mol. The summed E-state index contributed by atoms with van der Waals surface area (Å²) in [7, 11) is 1.72. The standard InChI is InChI=1S/C16H25NO/c1-16(2)11-7-6-9-13(16)15(17)12-8-4-5-10-14(12)18-3/h4-5,8,10,13,15H,6-7,9,11,17H2,1-3H3. The molecule has 0 aliphatic heterocycles. The van der Waals surface area contributed by atoms with Crippen molar-refractivity contribution in [3.63, 3.8) is 0 Å². The Bertz CT molecular complexity index is 400. The maximum atomic E-state index is 6.54. The Kier molecular flexibility index (Phi) is 3.96. The first kappa shape index (κ1) is 13.4. The molecule has 1 saturated carbocycles. The van der Waals surface area contributed by atoms with E-state index in [2.05, 4.69) is 19.9 Å². The highest BCUT2D eigenvalue weighted by molar-refractivity contribution is 5.36. The molecule has 2 nitrogen and oxygen atoms in total. The highest BCUT2D eigenvalue weighted by Crippen LogP contribution is 2.47. The van der Waals surface area contributed by atoms with Crippen molar-refractivity contribution in [2.75, 3.05) is 7.11 Å². The molecule has 0 amide bonds. The third kappa shape index (κ3) is 2.54. The van der Waals surface area contributed by atoms with E-state index in [1.54, 1.807) is 7.11 Å². The summed E-state index contributed by atoms with van der Waals surface area (Å²) >= 11 is 0. The van der Waals surface area contributed by atoms with Crippen LogP contribution in [0.1, 0.15) is 51.1 Å². The van der Waals surface area contributed by atoms with Crippen LogP contribution in [0.2, 0.25) is 0 Å². The van der Waals surface area contributed by atoms with Gasteiger partial charge in [0.05, 0.1) is 7.11 Å². The number of nitrogens with two attached hydrogens (primary N) is 1. The second-order valence-electron chi connectivity index (χ2n) is 6.11. The Morgan fingerprint density at radius 1 is 1.28 bits per heavy atom. The lowest BCUT2D eigenvalue weighted by Gasteiger charge is -2.42. The molecule has 0 aromatic heterocycles. The molecule has 2 atom stereocenters. The van der Waals surface area contributed by atoms with Crippen LogP contribution in [0.25, 0.3) is 0 Å². The average molecular weight is 247 g/mol. The molecule has 0 radical (unpaired) electrons. The summed E-state index contributed by atoms with van der Waals surface area (Å²) in [4.78, 5) is 0. The predicted octanol–water partition coefficient (Wildman–Crippen LogP) is 3.91. The molecule has 1 aromatic rings. The molecule has 0 bridgehead atoms. The number of para-hydroxylation sites is 1. The van der Waals surface area contributed by atoms with Gasteiger partial charge < -0.3 is 10.5 Å². The fourth-order valence-electron chi connectivity index (χ4n) is 3.35. The summed E-state index contributed by atoms with van der Waals surface area (Å²) in [6.07, 6.45) is 5.14. The zero-order valence-electron chi connectivity index (χ0n) is 11.8. The molecule has 0 saturated heterocycles. The second kappa shape index (κ2) is 5.31. The maximum Gasteiger partial charge on any atom is 0.123 e. The third-order valence-electron chi connectivity index (χ3n) is 4.52. The largest absolute Gasteiger partial charge is 0.496 e. The highest BCUT2D eigenvalue weighted by atomic mass is 16.5. The number of benzene rings is 1. The molecule has 1 aromatic carbocycles. The smallest absolute Gasteiger partial charge is 0.123 e. The minimum Gasteiger partial charge on any atom is -0.496 e. The Hall–Kier alpha value is -1.02. The van der Waals surface area contributed by atoms with E-state index >= 15 is 0 Å². The number of rotatable bonds is 3. The SMILES string of the molecule is COc1ccccc1C(N)C1CCCCC1(C)C. The highest BCUT2D eigenvalue weighted by Gasteiger charge is 2.37. The summed E-state index contributed by atoms with van der Waals surface area (Å²) < 4.78 is 5.45. The van der Waals surface area contributed by atoms with Crippen molar-refractivity contribution in [1.82, 2.24) is 0 Å². The van der Waals surface area contributed by atoms with Crippen LogP contribution in [0, 0.1) is 11.3 Å². The Balaban J connectivity index is 2.27. The van der Waals surface area contributed by atoms with Gasteiger partial charge in [-0.25, -0.2) is 0 Å². The first-order valence-corrected chi connectivity index (χ1v) is 6.95. The molecule has 2 N–H and O–H groups in total. The molecule has 0 spiro atoms. The number of hydrogen-bond donors (Lipinski definition) is 1. The van der Waals surface area contributed by atoms with Gasteiger partial charge in [-0.15, -0.1) is 0 Å². The number of hydrogen-bond acceptors (Lipinski definition) is 2. The summed E-state index contributed by atoms with van der Waals surface area (Å²) in [5, 5.41) is 0. The van der Waals surface area contributed by atoms with Gasteiger partial charge in [-0.3, -0.25) is 0 Å². The molecular formula is C16H25NO. The van der Waals surface area contributed by atoms with Crippen molar-refractivity contribution < 1.29 is 4.74 Å². The van der Waals surface area contributed by atoms with E-state index in [4.69, 9.17) is 10.5 Å². The molecule has 2 unspecified atom stereocenters. The van der Waals surface area contributed by atoms with Crippen LogP contribution in [-0.4, -0.2) is 7.11 Å². The fraction of sp³-hybridized carbons (Fsp3) is 0.625. The van der Waals surface area contributed by atoms with E-state index in [-0.39, 0.29) is 6.04 Å². The van der Waals surface area contributed by atoms with Gasteiger partial charge in [0.1, 0.15) is 5.75 Å². The van der Waals surface area contributed by atoms with E-state index in [1.165, 1.54) is 25.7 Å². The molecule has 100 valence electrons. The van der Waals surface area contributed by atoms with Crippen molar-refractivity contribution >= 4 is 0 Å². The number of ether oxygens (including phenoxy) is 1. The molecule has 18 heavy (non-hydrogen) atoms. The average Bonchev–Trinajstić information content (AvgIpc) is 2.37. The minimum absolute atomic E-state index is 0.0800. The van der Waals surface area contributed by atoms with Crippen LogP contribution in [0.15, 0.2) is 24.3 Å². The van der Waals surface area contributed by atoms with Crippen molar-refractivity contribution in [2.45, 2.75) is 45.6 Å². The lowest BCUT2D eigenvalue weighted by atomic mass is 9.65. The Morgan fingerprint density at radius 3 is 2.67 bits per heavy atom. The molecule has 1 aliphatic carbocycles. The lowest BCUT2D eigenvalue weighted by Crippen LogP contribution is -2.36.